The third-order valence-corrected chi connectivity index (χ3v) is 4.90. The molecule has 7 heteroatoms. The lowest BCUT2D eigenvalue weighted by atomic mass is 10.2. The van der Waals surface area contributed by atoms with E-state index >= 15 is 0 Å². The monoisotopic (exact) mass is 384 g/mol. The number of aliphatic carboxylic acids is 1. The zero-order valence-electron chi connectivity index (χ0n) is 13.8. The summed E-state index contributed by atoms with van der Waals surface area (Å²) in [4.78, 5) is 25.2. The number of nitrogens with zero attached hydrogens (tertiary/aromatic N) is 1. The van der Waals surface area contributed by atoms with Crippen molar-refractivity contribution in [1.29, 1.82) is 0 Å². The predicted octanol–water partition coefficient (Wildman–Crippen LogP) is 2.53. The lowest BCUT2D eigenvalue weighted by Crippen LogP contribution is -2.28. The van der Waals surface area contributed by atoms with Crippen LogP contribution in [0.3, 0.4) is 0 Å². The first-order chi connectivity index (χ1) is 12.4. The van der Waals surface area contributed by atoms with E-state index in [1.54, 1.807) is 30.3 Å². The molecule has 0 radical (unpaired) electrons. The molecule has 1 aliphatic rings. The van der Waals surface area contributed by atoms with Crippen molar-refractivity contribution in [2.45, 2.75) is 6.92 Å². The van der Waals surface area contributed by atoms with E-state index in [0.29, 0.717) is 20.5 Å². The summed E-state index contributed by atoms with van der Waals surface area (Å²) < 4.78 is 5.57. The van der Waals surface area contributed by atoms with Crippen molar-refractivity contribution < 1.29 is 19.4 Å². The van der Waals surface area contributed by atoms with E-state index in [1.165, 1.54) is 16.7 Å². The van der Waals surface area contributed by atoms with Gasteiger partial charge in [0.25, 0.3) is 5.91 Å². The first-order valence-corrected chi connectivity index (χ1v) is 8.94. The maximum atomic E-state index is 12.7. The van der Waals surface area contributed by atoms with Gasteiger partial charge < -0.3 is 14.6 Å². The SMILES string of the molecule is Cc1ccc(N2C(=O)/C(=C/c3cccc(OCC(=O)[O-])c3)SC2=S)cc1. The molecule has 0 unspecified atom stereocenters. The number of carbonyl (C=O) groups excluding carboxylic acids is 2. The molecule has 1 saturated heterocycles. The Balaban J connectivity index is 1.82. The summed E-state index contributed by atoms with van der Waals surface area (Å²) in [6, 6.07) is 14.4. The Bertz CT molecular complexity index is 906. The van der Waals surface area contributed by atoms with Gasteiger partial charge in [-0.05, 0) is 42.8 Å². The standard InChI is InChI=1S/C19H15NO4S2/c1-12-5-7-14(8-6-12)20-18(23)16(26-19(20)25)10-13-3-2-4-15(9-13)24-11-17(21)22/h2-10H,11H2,1H3,(H,21,22)/p-1/b16-10-. The summed E-state index contributed by atoms with van der Waals surface area (Å²) in [5.74, 6) is -1.10. The predicted molar refractivity (Wildman–Crippen MR) is 104 cm³/mol. The van der Waals surface area contributed by atoms with Crippen LogP contribution < -0.4 is 14.7 Å². The van der Waals surface area contributed by atoms with Crippen molar-refractivity contribution >= 4 is 51.9 Å². The van der Waals surface area contributed by atoms with Crippen LogP contribution in [-0.4, -0.2) is 22.8 Å². The number of anilines is 1. The number of hydrogen-bond acceptors (Lipinski definition) is 6. The zero-order valence-corrected chi connectivity index (χ0v) is 15.4. The van der Waals surface area contributed by atoms with E-state index in [2.05, 4.69) is 0 Å². The number of ether oxygens (including phenoxy) is 1. The minimum atomic E-state index is -1.30. The normalized spacial score (nSPS) is 15.6. The molecular weight excluding hydrogens is 370 g/mol. The maximum Gasteiger partial charge on any atom is 0.270 e. The molecule has 5 nitrogen and oxygen atoms in total. The number of carbonyl (C=O) groups is 2. The number of benzene rings is 2. The van der Waals surface area contributed by atoms with Crippen molar-refractivity contribution in [3.63, 3.8) is 0 Å². The van der Waals surface area contributed by atoms with Gasteiger partial charge >= 0.3 is 0 Å². The van der Waals surface area contributed by atoms with Gasteiger partial charge in [0.1, 0.15) is 12.4 Å². The molecule has 0 bridgehead atoms. The zero-order chi connectivity index (χ0) is 18.7. The van der Waals surface area contributed by atoms with Gasteiger partial charge in [-0.25, -0.2) is 0 Å². The van der Waals surface area contributed by atoms with Crippen LogP contribution in [0.25, 0.3) is 6.08 Å². The minimum Gasteiger partial charge on any atom is -0.546 e. The van der Waals surface area contributed by atoms with Gasteiger partial charge in [0.15, 0.2) is 4.32 Å². The molecule has 0 saturated carbocycles. The van der Waals surface area contributed by atoms with Crippen LogP contribution in [0.1, 0.15) is 11.1 Å². The van der Waals surface area contributed by atoms with Crippen LogP contribution in [0.5, 0.6) is 5.75 Å². The average Bonchev–Trinajstić information content (AvgIpc) is 2.88. The average molecular weight is 384 g/mol. The first-order valence-electron chi connectivity index (χ1n) is 7.71. The van der Waals surface area contributed by atoms with Gasteiger partial charge in [-0.3, -0.25) is 9.69 Å². The molecule has 1 amide bonds. The number of carboxylic acids is 1. The van der Waals surface area contributed by atoms with Crippen LogP contribution in [0.2, 0.25) is 0 Å². The van der Waals surface area contributed by atoms with Crippen LogP contribution in [0.4, 0.5) is 5.69 Å². The number of thioether (sulfide) groups is 1. The van der Waals surface area contributed by atoms with Crippen molar-refractivity contribution in [2.24, 2.45) is 0 Å². The summed E-state index contributed by atoms with van der Waals surface area (Å²) in [5.41, 5.74) is 2.54. The second-order valence-corrected chi connectivity index (χ2v) is 7.26. The Morgan fingerprint density at radius 1 is 1.27 bits per heavy atom. The van der Waals surface area contributed by atoms with Gasteiger partial charge in [-0.15, -0.1) is 0 Å². The van der Waals surface area contributed by atoms with Crippen molar-refractivity contribution in [3.8, 4) is 5.75 Å². The molecule has 1 fully saturated rings. The first kappa shape index (κ1) is 18.2. The summed E-state index contributed by atoms with van der Waals surface area (Å²) in [6.45, 7) is 1.45. The second kappa shape index (κ2) is 7.72. The molecule has 1 aliphatic heterocycles. The van der Waals surface area contributed by atoms with E-state index in [0.717, 1.165) is 11.3 Å². The van der Waals surface area contributed by atoms with Crippen LogP contribution in [0, 0.1) is 6.92 Å². The van der Waals surface area contributed by atoms with E-state index < -0.39 is 12.6 Å². The number of rotatable bonds is 5. The fourth-order valence-corrected chi connectivity index (χ4v) is 3.67. The summed E-state index contributed by atoms with van der Waals surface area (Å²) in [5, 5.41) is 10.5. The van der Waals surface area contributed by atoms with Gasteiger partial charge in [-0.1, -0.05) is 53.8 Å². The van der Waals surface area contributed by atoms with Crippen LogP contribution in [0.15, 0.2) is 53.4 Å². The molecule has 0 aliphatic carbocycles. The van der Waals surface area contributed by atoms with E-state index in [9.17, 15) is 14.7 Å². The molecule has 0 aromatic heterocycles. The lowest BCUT2D eigenvalue weighted by Gasteiger charge is -2.14. The molecule has 26 heavy (non-hydrogen) atoms. The fourth-order valence-electron chi connectivity index (χ4n) is 2.37. The molecule has 0 atom stereocenters. The van der Waals surface area contributed by atoms with E-state index in [1.807, 2.05) is 31.2 Å². The van der Waals surface area contributed by atoms with Crippen molar-refractivity contribution in [2.75, 3.05) is 11.5 Å². The maximum absolute atomic E-state index is 12.7. The largest absolute Gasteiger partial charge is 0.546 e. The van der Waals surface area contributed by atoms with Crippen molar-refractivity contribution in [3.05, 3.63) is 64.6 Å². The molecule has 2 aromatic carbocycles. The Morgan fingerprint density at radius 3 is 2.69 bits per heavy atom. The highest BCUT2D eigenvalue weighted by molar-refractivity contribution is 8.27. The number of carboxylic acid groups (broad SMARTS) is 1. The Morgan fingerprint density at radius 2 is 2.00 bits per heavy atom. The Labute approximate surface area is 160 Å². The minimum absolute atomic E-state index is 0.190. The van der Waals surface area contributed by atoms with E-state index in [4.69, 9.17) is 17.0 Å². The highest BCUT2D eigenvalue weighted by Crippen LogP contribution is 2.36. The molecule has 3 rings (SSSR count). The topological polar surface area (TPSA) is 69.7 Å². The Kier molecular flexibility index (Phi) is 5.39. The third-order valence-electron chi connectivity index (χ3n) is 3.60. The third kappa shape index (κ3) is 4.12. The van der Waals surface area contributed by atoms with Crippen LogP contribution in [-0.2, 0) is 9.59 Å². The van der Waals surface area contributed by atoms with Gasteiger partial charge in [0.2, 0.25) is 0 Å². The summed E-state index contributed by atoms with van der Waals surface area (Å²) in [6.07, 6.45) is 1.71. The lowest BCUT2D eigenvalue weighted by molar-refractivity contribution is -0.307. The molecule has 1 heterocycles. The van der Waals surface area contributed by atoms with Crippen LogP contribution >= 0.6 is 24.0 Å². The molecular formula is C19H14NO4S2-. The fraction of sp³-hybridized carbons (Fsp3) is 0.105. The summed E-state index contributed by atoms with van der Waals surface area (Å²) >= 11 is 6.58. The van der Waals surface area contributed by atoms with E-state index in [-0.39, 0.29) is 5.91 Å². The van der Waals surface area contributed by atoms with Crippen molar-refractivity contribution in [1.82, 2.24) is 0 Å². The number of aryl methyl sites for hydroxylation is 1. The van der Waals surface area contributed by atoms with Gasteiger partial charge in [0, 0.05) is 0 Å². The smallest absolute Gasteiger partial charge is 0.270 e. The highest BCUT2D eigenvalue weighted by Gasteiger charge is 2.33. The summed E-state index contributed by atoms with van der Waals surface area (Å²) in [7, 11) is 0. The quantitative estimate of drug-likeness (QED) is 0.583. The second-order valence-electron chi connectivity index (χ2n) is 5.59. The highest BCUT2D eigenvalue weighted by atomic mass is 32.2. The Hall–Kier alpha value is -2.64. The van der Waals surface area contributed by atoms with Gasteiger partial charge in [0.05, 0.1) is 16.6 Å². The number of hydrogen-bond donors (Lipinski definition) is 0. The number of thiocarbonyl (C=S) groups is 1. The molecule has 132 valence electrons. The van der Waals surface area contributed by atoms with Gasteiger partial charge in [-0.2, -0.15) is 0 Å². The number of amides is 1. The molecule has 0 spiro atoms. The molecule has 2 aromatic rings. The molecule has 0 N–H and O–H groups in total.